The number of pyridine rings is 1. The van der Waals surface area contributed by atoms with Crippen LogP contribution in [0.1, 0.15) is 18.4 Å². The minimum atomic E-state index is -0.777. The van der Waals surface area contributed by atoms with Crippen LogP contribution in [0, 0.1) is 0 Å². The molecule has 1 aromatic heterocycles. The van der Waals surface area contributed by atoms with Crippen LogP contribution in [-0.4, -0.2) is 30.3 Å². The lowest BCUT2D eigenvalue weighted by Gasteiger charge is -2.22. The largest absolute Gasteiger partial charge is 0.481 e. The number of hydrogen-bond donors (Lipinski definition) is 1. The highest BCUT2D eigenvalue weighted by atomic mass is 16.5. The quantitative estimate of drug-likeness (QED) is 0.904. The van der Waals surface area contributed by atoms with E-state index in [1.54, 1.807) is 18.3 Å². The zero-order chi connectivity index (χ0) is 17.6. The third kappa shape index (κ3) is 4.47. The number of hydrogen-bond acceptors (Lipinski definition) is 5. The molecule has 2 aromatic rings. The van der Waals surface area contributed by atoms with Crippen molar-refractivity contribution < 1.29 is 19.1 Å². The van der Waals surface area contributed by atoms with Gasteiger partial charge in [0, 0.05) is 18.3 Å². The molecule has 1 aromatic carbocycles. The molecule has 0 unspecified atom stereocenters. The summed E-state index contributed by atoms with van der Waals surface area (Å²) in [5.41, 5.74) is 1.48. The van der Waals surface area contributed by atoms with Crippen LogP contribution >= 0.6 is 0 Å². The van der Waals surface area contributed by atoms with Crippen LogP contribution in [0.3, 0.4) is 0 Å². The van der Waals surface area contributed by atoms with Crippen molar-refractivity contribution in [1.82, 2.24) is 10.3 Å². The number of nitrogens with one attached hydrogen (secondary N) is 1. The molecule has 1 N–H and O–H groups in total. The standard InChI is InChI=1S/C18H19N3O4/c1-24-16-11-15(9-10-19-16)21(14-7-8-14)17(22)20-18(23)25-12-13-5-3-2-4-6-13/h2-6,9-11,14H,7-8,12H2,1H3,(H,20,22,23). The first-order valence-electron chi connectivity index (χ1n) is 7.98. The Kier molecular flexibility index (Phi) is 5.13. The van der Waals surface area contributed by atoms with Gasteiger partial charge in [-0.25, -0.2) is 19.9 Å². The fourth-order valence-corrected chi connectivity index (χ4v) is 2.39. The molecule has 7 heteroatoms. The molecule has 0 atom stereocenters. The maximum atomic E-state index is 12.5. The molecule has 0 saturated heterocycles. The molecule has 1 saturated carbocycles. The van der Waals surface area contributed by atoms with Crippen molar-refractivity contribution in [2.75, 3.05) is 12.0 Å². The number of rotatable bonds is 5. The molecule has 0 radical (unpaired) electrons. The Morgan fingerprint density at radius 3 is 2.68 bits per heavy atom. The zero-order valence-corrected chi connectivity index (χ0v) is 13.8. The van der Waals surface area contributed by atoms with E-state index in [0.29, 0.717) is 11.6 Å². The average Bonchev–Trinajstić information content (AvgIpc) is 3.46. The molecule has 0 aliphatic heterocycles. The molecule has 3 rings (SSSR count). The molecule has 1 aliphatic carbocycles. The Bertz CT molecular complexity index is 747. The SMILES string of the molecule is COc1cc(N(C(=O)NC(=O)OCc2ccccc2)C2CC2)ccn1. The van der Waals surface area contributed by atoms with E-state index in [-0.39, 0.29) is 12.6 Å². The Balaban J connectivity index is 1.62. The van der Waals surface area contributed by atoms with Gasteiger partial charge in [-0.15, -0.1) is 0 Å². The van der Waals surface area contributed by atoms with Crippen LogP contribution in [0.25, 0.3) is 0 Å². The van der Waals surface area contributed by atoms with E-state index in [1.165, 1.54) is 12.0 Å². The fourth-order valence-electron chi connectivity index (χ4n) is 2.39. The first-order valence-corrected chi connectivity index (χ1v) is 7.98. The maximum absolute atomic E-state index is 12.5. The van der Waals surface area contributed by atoms with Gasteiger partial charge in [0.1, 0.15) is 6.61 Å². The fraction of sp³-hybridized carbons (Fsp3) is 0.278. The van der Waals surface area contributed by atoms with Gasteiger partial charge in [-0.1, -0.05) is 30.3 Å². The van der Waals surface area contributed by atoms with Crippen LogP contribution in [0.2, 0.25) is 0 Å². The number of methoxy groups -OCH3 is 1. The molecule has 3 amide bonds. The summed E-state index contributed by atoms with van der Waals surface area (Å²) in [4.78, 5) is 30.0. The highest BCUT2D eigenvalue weighted by Gasteiger charge is 2.35. The summed E-state index contributed by atoms with van der Waals surface area (Å²) in [5.74, 6) is 0.405. The number of urea groups is 1. The average molecular weight is 341 g/mol. The normalized spacial score (nSPS) is 13.0. The number of alkyl carbamates (subject to hydrolysis) is 1. The summed E-state index contributed by atoms with van der Waals surface area (Å²) in [6, 6.07) is 12.2. The number of imide groups is 1. The van der Waals surface area contributed by atoms with Gasteiger partial charge in [0.2, 0.25) is 5.88 Å². The van der Waals surface area contributed by atoms with E-state index < -0.39 is 12.1 Å². The summed E-state index contributed by atoms with van der Waals surface area (Å²) >= 11 is 0. The Morgan fingerprint density at radius 1 is 1.24 bits per heavy atom. The second kappa shape index (κ2) is 7.65. The topological polar surface area (TPSA) is 80.8 Å². The third-order valence-corrected chi connectivity index (χ3v) is 3.76. The van der Waals surface area contributed by atoms with Crippen molar-refractivity contribution in [2.24, 2.45) is 0 Å². The molecular weight excluding hydrogens is 322 g/mol. The van der Waals surface area contributed by atoms with Crippen LogP contribution in [0.5, 0.6) is 5.88 Å². The summed E-state index contributed by atoms with van der Waals surface area (Å²) in [5, 5.41) is 2.27. The molecular formula is C18H19N3O4. The minimum Gasteiger partial charge on any atom is -0.481 e. The third-order valence-electron chi connectivity index (χ3n) is 3.76. The van der Waals surface area contributed by atoms with E-state index >= 15 is 0 Å². The van der Waals surface area contributed by atoms with Crippen molar-refractivity contribution in [3.8, 4) is 5.88 Å². The lowest BCUT2D eigenvalue weighted by atomic mass is 10.2. The zero-order valence-electron chi connectivity index (χ0n) is 13.8. The van der Waals surface area contributed by atoms with Crippen molar-refractivity contribution in [3.05, 3.63) is 54.2 Å². The molecule has 0 bridgehead atoms. The second-order valence-electron chi connectivity index (χ2n) is 5.65. The van der Waals surface area contributed by atoms with Gasteiger partial charge in [0.25, 0.3) is 0 Å². The van der Waals surface area contributed by atoms with E-state index in [0.717, 1.165) is 18.4 Å². The monoisotopic (exact) mass is 341 g/mol. The maximum Gasteiger partial charge on any atom is 0.415 e. The number of nitrogens with zero attached hydrogens (tertiary/aromatic N) is 2. The molecule has 1 heterocycles. The van der Waals surface area contributed by atoms with Crippen LogP contribution in [0.15, 0.2) is 48.7 Å². The van der Waals surface area contributed by atoms with Gasteiger partial charge in [-0.3, -0.25) is 4.90 Å². The van der Waals surface area contributed by atoms with Crippen LogP contribution < -0.4 is 15.0 Å². The van der Waals surface area contributed by atoms with E-state index in [2.05, 4.69) is 10.3 Å². The smallest absolute Gasteiger partial charge is 0.415 e. The molecule has 7 nitrogen and oxygen atoms in total. The number of carbonyl (C=O) groups is 2. The van der Waals surface area contributed by atoms with Crippen molar-refractivity contribution in [3.63, 3.8) is 0 Å². The van der Waals surface area contributed by atoms with Crippen molar-refractivity contribution in [2.45, 2.75) is 25.5 Å². The first-order chi connectivity index (χ1) is 12.2. The van der Waals surface area contributed by atoms with E-state index in [1.807, 2.05) is 30.3 Å². The van der Waals surface area contributed by atoms with Crippen LogP contribution in [0.4, 0.5) is 15.3 Å². The van der Waals surface area contributed by atoms with Gasteiger partial charge in [0.05, 0.1) is 12.8 Å². The first kappa shape index (κ1) is 16.8. The minimum absolute atomic E-state index is 0.0639. The molecule has 1 aliphatic rings. The van der Waals surface area contributed by atoms with Crippen molar-refractivity contribution >= 4 is 17.8 Å². The number of ether oxygens (including phenoxy) is 2. The number of aromatic nitrogens is 1. The Labute approximate surface area is 145 Å². The summed E-state index contributed by atoms with van der Waals surface area (Å²) in [6.07, 6.45) is 2.55. The van der Waals surface area contributed by atoms with Crippen molar-refractivity contribution in [1.29, 1.82) is 0 Å². The summed E-state index contributed by atoms with van der Waals surface area (Å²) in [6.45, 7) is 0.104. The highest BCUT2D eigenvalue weighted by molar-refractivity contribution is 6.01. The van der Waals surface area contributed by atoms with Gasteiger partial charge >= 0.3 is 12.1 Å². The van der Waals surface area contributed by atoms with Gasteiger partial charge < -0.3 is 9.47 Å². The van der Waals surface area contributed by atoms with Gasteiger partial charge in [-0.05, 0) is 24.5 Å². The van der Waals surface area contributed by atoms with E-state index in [9.17, 15) is 9.59 Å². The Morgan fingerprint density at radius 2 is 2.00 bits per heavy atom. The molecule has 130 valence electrons. The molecule has 25 heavy (non-hydrogen) atoms. The summed E-state index contributed by atoms with van der Waals surface area (Å²) in [7, 11) is 1.51. The lowest BCUT2D eigenvalue weighted by Crippen LogP contribution is -2.44. The molecule has 0 spiro atoms. The van der Waals surface area contributed by atoms with Gasteiger partial charge in [0.15, 0.2) is 0 Å². The number of anilines is 1. The summed E-state index contributed by atoms with van der Waals surface area (Å²) < 4.78 is 10.2. The molecule has 1 fully saturated rings. The number of benzene rings is 1. The van der Waals surface area contributed by atoms with Crippen LogP contribution in [-0.2, 0) is 11.3 Å². The number of carbonyl (C=O) groups excluding carboxylic acids is 2. The second-order valence-corrected chi connectivity index (χ2v) is 5.65. The lowest BCUT2D eigenvalue weighted by molar-refractivity contribution is 0.141. The van der Waals surface area contributed by atoms with Gasteiger partial charge in [-0.2, -0.15) is 0 Å². The predicted octanol–water partition coefficient (Wildman–Crippen LogP) is 3.11. The highest BCUT2D eigenvalue weighted by Crippen LogP contribution is 2.32. The van der Waals surface area contributed by atoms with E-state index in [4.69, 9.17) is 9.47 Å². The Hall–Kier alpha value is -3.09. The number of amides is 3. The predicted molar refractivity (Wildman–Crippen MR) is 91.4 cm³/mol.